The molecule has 2 aliphatic rings. The third-order valence-corrected chi connectivity index (χ3v) is 4.26. The van der Waals surface area contributed by atoms with Crippen LogP contribution in [0.1, 0.15) is 41.7 Å². The second kappa shape index (κ2) is 3.75. The number of carbonyl (C=O) groups excluding carboxylic acids is 1. The number of aromatic amines is 1. The van der Waals surface area contributed by atoms with Crippen molar-refractivity contribution in [3.8, 4) is 0 Å². The molecule has 5 nitrogen and oxygen atoms in total. The van der Waals surface area contributed by atoms with Gasteiger partial charge >= 0.3 is 0 Å². The van der Waals surface area contributed by atoms with Crippen molar-refractivity contribution in [2.24, 2.45) is 11.8 Å². The summed E-state index contributed by atoms with van der Waals surface area (Å²) in [5, 5.41) is 9.71. The number of nitrogens with zero attached hydrogens (tertiary/aromatic N) is 1. The second-order valence-corrected chi connectivity index (χ2v) is 5.36. The number of fused-ring (bicyclic) bond motifs is 2. The molecule has 4 N–H and O–H groups in total. The van der Waals surface area contributed by atoms with Crippen LogP contribution in [0.2, 0.25) is 0 Å². The quantitative estimate of drug-likeness (QED) is 0.719. The van der Waals surface area contributed by atoms with E-state index in [9.17, 15) is 4.79 Å². The molecule has 1 heterocycles. The van der Waals surface area contributed by atoms with Gasteiger partial charge in [0.1, 0.15) is 5.56 Å². The molecule has 1 amide bonds. The molecule has 0 spiro atoms. The lowest BCUT2D eigenvalue weighted by atomic mass is 9.95. The predicted molar refractivity (Wildman–Crippen MR) is 64.4 cm³/mol. The summed E-state index contributed by atoms with van der Waals surface area (Å²) in [6, 6.07) is 0.343. The molecular weight excluding hydrogens is 216 g/mol. The van der Waals surface area contributed by atoms with Gasteiger partial charge < -0.3 is 11.1 Å². The Hall–Kier alpha value is -1.52. The average molecular weight is 234 g/mol. The van der Waals surface area contributed by atoms with Crippen molar-refractivity contribution in [3.05, 3.63) is 11.3 Å². The summed E-state index contributed by atoms with van der Waals surface area (Å²) in [7, 11) is 0. The van der Waals surface area contributed by atoms with Crippen LogP contribution < -0.4 is 11.1 Å². The van der Waals surface area contributed by atoms with Crippen molar-refractivity contribution in [1.29, 1.82) is 0 Å². The van der Waals surface area contributed by atoms with E-state index in [-0.39, 0.29) is 5.91 Å². The Labute approximate surface area is 100 Å². The Morgan fingerprint density at radius 3 is 2.82 bits per heavy atom. The van der Waals surface area contributed by atoms with Gasteiger partial charge in [-0.05, 0) is 38.0 Å². The average Bonchev–Trinajstić information content (AvgIpc) is 2.94. The molecule has 0 aliphatic heterocycles. The molecule has 0 saturated heterocycles. The van der Waals surface area contributed by atoms with Gasteiger partial charge in [0.2, 0.25) is 0 Å². The van der Waals surface area contributed by atoms with Gasteiger partial charge in [0.05, 0.1) is 0 Å². The maximum atomic E-state index is 12.1. The van der Waals surface area contributed by atoms with E-state index in [2.05, 4.69) is 15.5 Å². The van der Waals surface area contributed by atoms with Crippen LogP contribution in [0, 0.1) is 18.8 Å². The molecular formula is C12H18N4O. The highest BCUT2D eigenvalue weighted by atomic mass is 16.1. The van der Waals surface area contributed by atoms with Crippen LogP contribution in [0.25, 0.3) is 0 Å². The first-order valence-corrected chi connectivity index (χ1v) is 6.26. The summed E-state index contributed by atoms with van der Waals surface area (Å²) in [5.74, 6) is 1.72. The minimum absolute atomic E-state index is 0.0775. The first-order chi connectivity index (χ1) is 8.15. The zero-order chi connectivity index (χ0) is 12.0. The fourth-order valence-electron chi connectivity index (χ4n) is 3.40. The summed E-state index contributed by atoms with van der Waals surface area (Å²) in [6.45, 7) is 1.82. The molecule has 2 saturated carbocycles. The number of hydrogen-bond acceptors (Lipinski definition) is 3. The van der Waals surface area contributed by atoms with E-state index >= 15 is 0 Å². The molecule has 3 rings (SSSR count). The predicted octanol–water partition coefficient (Wildman–Crippen LogP) is 1.22. The van der Waals surface area contributed by atoms with Crippen LogP contribution in [0.15, 0.2) is 0 Å². The van der Waals surface area contributed by atoms with Crippen LogP contribution >= 0.6 is 0 Å². The largest absolute Gasteiger partial charge is 0.382 e. The number of hydrogen-bond donors (Lipinski definition) is 3. The van der Waals surface area contributed by atoms with E-state index < -0.39 is 0 Å². The molecule has 17 heavy (non-hydrogen) atoms. The first kappa shape index (κ1) is 10.6. The molecule has 2 bridgehead atoms. The van der Waals surface area contributed by atoms with E-state index in [1.54, 1.807) is 0 Å². The van der Waals surface area contributed by atoms with E-state index in [1.807, 2.05) is 6.92 Å². The number of nitrogens with two attached hydrogens (primary N) is 1. The van der Waals surface area contributed by atoms with Crippen molar-refractivity contribution in [1.82, 2.24) is 15.5 Å². The number of nitrogens with one attached hydrogen (secondary N) is 2. The number of amides is 1. The van der Waals surface area contributed by atoms with Gasteiger partial charge in [-0.15, -0.1) is 0 Å². The number of aromatic nitrogens is 2. The van der Waals surface area contributed by atoms with Crippen LogP contribution in [0.5, 0.6) is 0 Å². The minimum atomic E-state index is -0.0775. The maximum absolute atomic E-state index is 12.1. The third-order valence-electron chi connectivity index (χ3n) is 4.26. The molecule has 0 aromatic carbocycles. The highest BCUT2D eigenvalue weighted by molar-refractivity contribution is 5.99. The molecule has 92 valence electrons. The molecule has 5 heteroatoms. The Bertz CT molecular complexity index is 434. The summed E-state index contributed by atoms with van der Waals surface area (Å²) < 4.78 is 0. The summed E-state index contributed by atoms with van der Waals surface area (Å²) in [4.78, 5) is 12.1. The molecule has 2 aliphatic carbocycles. The lowest BCUT2D eigenvalue weighted by Crippen LogP contribution is -2.38. The Morgan fingerprint density at radius 1 is 1.47 bits per heavy atom. The first-order valence-electron chi connectivity index (χ1n) is 6.26. The highest BCUT2D eigenvalue weighted by Crippen LogP contribution is 2.44. The van der Waals surface area contributed by atoms with Crippen molar-refractivity contribution in [2.75, 3.05) is 5.73 Å². The number of rotatable bonds is 2. The Balaban J connectivity index is 1.72. The van der Waals surface area contributed by atoms with Crippen molar-refractivity contribution >= 4 is 11.7 Å². The van der Waals surface area contributed by atoms with Gasteiger partial charge in [-0.2, -0.15) is 5.10 Å². The van der Waals surface area contributed by atoms with Gasteiger partial charge in [0, 0.05) is 11.7 Å². The number of aryl methyl sites for hydroxylation is 1. The van der Waals surface area contributed by atoms with E-state index in [1.165, 1.54) is 19.3 Å². The normalized spacial score (nSPS) is 30.8. The van der Waals surface area contributed by atoms with Crippen LogP contribution in [0.4, 0.5) is 5.82 Å². The summed E-state index contributed by atoms with van der Waals surface area (Å²) >= 11 is 0. The van der Waals surface area contributed by atoms with Gasteiger partial charge in [0.25, 0.3) is 5.91 Å². The lowest BCUT2D eigenvalue weighted by molar-refractivity contribution is 0.0923. The molecule has 3 unspecified atom stereocenters. The second-order valence-electron chi connectivity index (χ2n) is 5.36. The van der Waals surface area contributed by atoms with E-state index in [0.29, 0.717) is 23.3 Å². The number of anilines is 1. The SMILES string of the molecule is Cc1[nH]nc(N)c1C(=O)NC1CC2CCC1C2. The van der Waals surface area contributed by atoms with Gasteiger partial charge in [0.15, 0.2) is 5.82 Å². The number of carbonyl (C=O) groups is 1. The fraction of sp³-hybridized carbons (Fsp3) is 0.667. The van der Waals surface area contributed by atoms with Gasteiger partial charge in [-0.1, -0.05) is 6.42 Å². The summed E-state index contributed by atoms with van der Waals surface area (Å²) in [6.07, 6.45) is 5.01. The van der Waals surface area contributed by atoms with Gasteiger partial charge in [-0.25, -0.2) is 0 Å². The van der Waals surface area contributed by atoms with Crippen LogP contribution in [0.3, 0.4) is 0 Å². The lowest BCUT2D eigenvalue weighted by Gasteiger charge is -2.22. The molecule has 1 aromatic heterocycles. The molecule has 3 atom stereocenters. The molecule has 2 fully saturated rings. The number of H-pyrrole nitrogens is 1. The van der Waals surface area contributed by atoms with E-state index in [0.717, 1.165) is 18.0 Å². The zero-order valence-electron chi connectivity index (χ0n) is 9.99. The topological polar surface area (TPSA) is 83.8 Å². The molecule has 0 radical (unpaired) electrons. The maximum Gasteiger partial charge on any atom is 0.257 e. The van der Waals surface area contributed by atoms with Crippen LogP contribution in [-0.2, 0) is 0 Å². The Kier molecular flexibility index (Phi) is 2.34. The van der Waals surface area contributed by atoms with Crippen molar-refractivity contribution in [2.45, 2.75) is 38.6 Å². The third kappa shape index (κ3) is 1.69. The van der Waals surface area contributed by atoms with Crippen molar-refractivity contribution < 1.29 is 4.79 Å². The zero-order valence-corrected chi connectivity index (χ0v) is 9.99. The standard InChI is InChI=1S/C12H18N4O/c1-6-10(11(13)16-15-6)12(17)14-9-5-7-2-3-8(9)4-7/h7-9H,2-5H2,1H3,(H,14,17)(H3,13,15,16). The highest BCUT2D eigenvalue weighted by Gasteiger charge is 2.40. The van der Waals surface area contributed by atoms with Crippen molar-refractivity contribution in [3.63, 3.8) is 0 Å². The number of nitrogen functional groups attached to an aromatic ring is 1. The summed E-state index contributed by atoms with van der Waals surface area (Å²) in [5.41, 5.74) is 6.94. The smallest absolute Gasteiger partial charge is 0.257 e. The van der Waals surface area contributed by atoms with Gasteiger partial charge in [-0.3, -0.25) is 9.89 Å². The van der Waals surface area contributed by atoms with Crippen LogP contribution in [-0.4, -0.2) is 22.1 Å². The Morgan fingerprint density at radius 2 is 2.29 bits per heavy atom. The fourth-order valence-corrected chi connectivity index (χ4v) is 3.40. The minimum Gasteiger partial charge on any atom is -0.382 e. The monoisotopic (exact) mass is 234 g/mol. The van der Waals surface area contributed by atoms with E-state index in [4.69, 9.17) is 5.73 Å². The molecule has 1 aromatic rings.